The first-order valence-electron chi connectivity index (χ1n) is 6.78. The summed E-state index contributed by atoms with van der Waals surface area (Å²) in [5, 5.41) is 2.90. The van der Waals surface area contributed by atoms with Crippen LogP contribution in [0.4, 0.5) is 5.69 Å². The molecule has 0 radical (unpaired) electrons. The lowest BCUT2D eigenvalue weighted by atomic mass is 10.0. The highest BCUT2D eigenvalue weighted by Crippen LogP contribution is 2.16. The topological polar surface area (TPSA) is 55.1 Å². The minimum absolute atomic E-state index is 0.132. The number of nitrogens with one attached hydrogen (secondary N) is 1. The molecule has 2 aromatic carbocycles. The molecule has 21 heavy (non-hydrogen) atoms. The second-order valence-corrected chi connectivity index (χ2v) is 4.80. The molecule has 0 aliphatic rings. The Balaban J connectivity index is 2.25. The van der Waals surface area contributed by atoms with E-state index in [2.05, 4.69) is 17.2 Å². The van der Waals surface area contributed by atoms with Crippen molar-refractivity contribution in [1.29, 1.82) is 0 Å². The van der Waals surface area contributed by atoms with Gasteiger partial charge in [-0.3, -0.25) is 4.79 Å². The summed E-state index contributed by atoms with van der Waals surface area (Å²) in [6, 6.07) is 13.2. The van der Waals surface area contributed by atoms with Crippen LogP contribution < -0.4 is 11.1 Å². The van der Waals surface area contributed by atoms with Crippen LogP contribution in [0.1, 0.15) is 27.0 Å². The number of nitrogens with two attached hydrogens (primary N) is 1. The molecule has 0 aliphatic carbocycles. The lowest BCUT2D eigenvalue weighted by Gasteiger charge is -2.09. The van der Waals surface area contributed by atoms with E-state index in [0.717, 1.165) is 22.4 Å². The van der Waals surface area contributed by atoms with Crippen molar-refractivity contribution >= 4 is 11.6 Å². The summed E-state index contributed by atoms with van der Waals surface area (Å²) in [5.74, 6) is 5.67. The Morgan fingerprint density at radius 2 is 1.86 bits per heavy atom. The molecular formula is C18H18N2O. The van der Waals surface area contributed by atoms with Gasteiger partial charge in [0.25, 0.3) is 5.91 Å². The van der Waals surface area contributed by atoms with Gasteiger partial charge in [0.15, 0.2) is 0 Å². The van der Waals surface area contributed by atoms with Crippen LogP contribution in [0.2, 0.25) is 0 Å². The summed E-state index contributed by atoms with van der Waals surface area (Å²) < 4.78 is 0. The van der Waals surface area contributed by atoms with Crippen LogP contribution >= 0.6 is 0 Å². The number of benzene rings is 2. The predicted octanol–water partition coefficient (Wildman–Crippen LogP) is 2.87. The van der Waals surface area contributed by atoms with E-state index < -0.39 is 0 Å². The average molecular weight is 278 g/mol. The fraction of sp³-hybridized carbons (Fsp3) is 0.167. The van der Waals surface area contributed by atoms with Crippen LogP contribution in [0.15, 0.2) is 42.5 Å². The number of amides is 1. The first-order chi connectivity index (χ1) is 10.1. The lowest BCUT2D eigenvalue weighted by molar-refractivity contribution is 0.102. The molecule has 3 nitrogen and oxygen atoms in total. The Morgan fingerprint density at radius 1 is 1.14 bits per heavy atom. The zero-order valence-corrected chi connectivity index (χ0v) is 12.2. The minimum atomic E-state index is -0.132. The highest BCUT2D eigenvalue weighted by atomic mass is 16.1. The maximum atomic E-state index is 12.4. The van der Waals surface area contributed by atoms with Crippen LogP contribution in [0.25, 0.3) is 0 Å². The Hall–Kier alpha value is -2.57. The Labute approximate surface area is 125 Å². The first-order valence-corrected chi connectivity index (χ1v) is 6.78. The van der Waals surface area contributed by atoms with Crippen molar-refractivity contribution in [1.82, 2.24) is 0 Å². The van der Waals surface area contributed by atoms with Gasteiger partial charge in [-0.1, -0.05) is 35.6 Å². The van der Waals surface area contributed by atoms with Crippen molar-refractivity contribution in [2.45, 2.75) is 13.8 Å². The number of aryl methyl sites for hydroxylation is 1. The standard InChI is InChI=1S/C18H18N2O/c1-13-8-10-16(11-9-13)20-18(21)17-7-3-5-15(14(17)2)6-4-12-19/h3,5,7-11H,12,19H2,1-2H3,(H,20,21). The summed E-state index contributed by atoms with van der Waals surface area (Å²) in [5.41, 5.74) is 9.64. The number of hydrogen-bond acceptors (Lipinski definition) is 2. The molecule has 0 atom stereocenters. The van der Waals surface area contributed by atoms with E-state index in [9.17, 15) is 4.79 Å². The van der Waals surface area contributed by atoms with Crippen molar-refractivity contribution in [3.05, 3.63) is 64.7 Å². The highest BCUT2D eigenvalue weighted by molar-refractivity contribution is 6.05. The largest absolute Gasteiger partial charge is 0.322 e. The summed E-state index contributed by atoms with van der Waals surface area (Å²) in [6.07, 6.45) is 0. The SMILES string of the molecule is Cc1ccc(NC(=O)c2cccc(C#CCN)c2C)cc1. The molecule has 0 bridgehead atoms. The normalized spacial score (nSPS) is 9.67. The van der Waals surface area contributed by atoms with Crippen LogP contribution in [0.3, 0.4) is 0 Å². The molecule has 0 aromatic heterocycles. The van der Waals surface area contributed by atoms with Gasteiger partial charge in [-0.2, -0.15) is 0 Å². The quantitative estimate of drug-likeness (QED) is 0.830. The molecular weight excluding hydrogens is 260 g/mol. The third-order valence-electron chi connectivity index (χ3n) is 3.21. The fourth-order valence-electron chi connectivity index (χ4n) is 2.00. The number of carbonyl (C=O) groups is 1. The molecule has 3 heteroatoms. The van der Waals surface area contributed by atoms with Gasteiger partial charge in [0.1, 0.15) is 0 Å². The molecule has 0 unspecified atom stereocenters. The summed E-state index contributed by atoms with van der Waals surface area (Å²) in [6.45, 7) is 4.21. The number of rotatable bonds is 2. The zero-order valence-electron chi connectivity index (χ0n) is 12.2. The molecule has 106 valence electrons. The fourth-order valence-corrected chi connectivity index (χ4v) is 2.00. The molecule has 0 aliphatic heterocycles. The van der Waals surface area contributed by atoms with Gasteiger partial charge >= 0.3 is 0 Å². The first kappa shape index (κ1) is 14.8. The van der Waals surface area contributed by atoms with Crippen molar-refractivity contribution in [2.24, 2.45) is 5.73 Å². The molecule has 0 heterocycles. The van der Waals surface area contributed by atoms with Crippen molar-refractivity contribution in [3.63, 3.8) is 0 Å². The van der Waals surface area contributed by atoms with Gasteiger partial charge in [0.05, 0.1) is 6.54 Å². The van der Waals surface area contributed by atoms with Crippen molar-refractivity contribution in [2.75, 3.05) is 11.9 Å². The molecule has 0 spiro atoms. The van der Waals surface area contributed by atoms with E-state index in [1.165, 1.54) is 0 Å². The minimum Gasteiger partial charge on any atom is -0.322 e. The molecule has 3 N–H and O–H groups in total. The van der Waals surface area contributed by atoms with E-state index >= 15 is 0 Å². The van der Waals surface area contributed by atoms with Crippen molar-refractivity contribution in [3.8, 4) is 11.8 Å². The number of hydrogen-bond donors (Lipinski definition) is 2. The van der Waals surface area contributed by atoms with Crippen LogP contribution in [-0.2, 0) is 0 Å². The number of carbonyl (C=O) groups excluding carboxylic acids is 1. The van der Waals surface area contributed by atoms with Gasteiger partial charge in [0.2, 0.25) is 0 Å². The molecule has 0 saturated heterocycles. The predicted molar refractivity (Wildman–Crippen MR) is 86.2 cm³/mol. The Kier molecular flexibility index (Phi) is 4.76. The highest BCUT2D eigenvalue weighted by Gasteiger charge is 2.11. The monoisotopic (exact) mass is 278 g/mol. The number of anilines is 1. The lowest BCUT2D eigenvalue weighted by Crippen LogP contribution is -2.13. The molecule has 1 amide bonds. The van der Waals surface area contributed by atoms with Crippen LogP contribution in [0.5, 0.6) is 0 Å². The second-order valence-electron chi connectivity index (χ2n) is 4.80. The third kappa shape index (κ3) is 3.71. The van der Waals surface area contributed by atoms with Gasteiger partial charge in [-0.05, 0) is 43.7 Å². The molecule has 2 aromatic rings. The smallest absolute Gasteiger partial charge is 0.255 e. The molecule has 2 rings (SSSR count). The maximum Gasteiger partial charge on any atom is 0.255 e. The molecule has 0 saturated carbocycles. The third-order valence-corrected chi connectivity index (χ3v) is 3.21. The van der Waals surface area contributed by atoms with Crippen LogP contribution in [0, 0.1) is 25.7 Å². The van der Waals surface area contributed by atoms with E-state index in [0.29, 0.717) is 12.1 Å². The zero-order chi connectivity index (χ0) is 15.2. The summed E-state index contributed by atoms with van der Waals surface area (Å²) in [7, 11) is 0. The summed E-state index contributed by atoms with van der Waals surface area (Å²) in [4.78, 5) is 12.4. The Bertz CT molecular complexity index is 706. The van der Waals surface area contributed by atoms with Gasteiger partial charge in [-0.25, -0.2) is 0 Å². The second kappa shape index (κ2) is 6.74. The van der Waals surface area contributed by atoms with Crippen LogP contribution in [-0.4, -0.2) is 12.5 Å². The van der Waals surface area contributed by atoms with Gasteiger partial charge in [0, 0.05) is 16.8 Å². The van der Waals surface area contributed by atoms with Gasteiger partial charge in [-0.15, -0.1) is 0 Å². The van der Waals surface area contributed by atoms with E-state index in [4.69, 9.17) is 5.73 Å². The van der Waals surface area contributed by atoms with Gasteiger partial charge < -0.3 is 11.1 Å². The average Bonchev–Trinajstić information content (AvgIpc) is 2.48. The summed E-state index contributed by atoms with van der Waals surface area (Å²) >= 11 is 0. The maximum absolute atomic E-state index is 12.4. The Morgan fingerprint density at radius 3 is 2.52 bits per heavy atom. The van der Waals surface area contributed by atoms with E-state index in [1.54, 1.807) is 6.07 Å². The van der Waals surface area contributed by atoms with E-state index in [-0.39, 0.29) is 5.91 Å². The van der Waals surface area contributed by atoms with E-state index in [1.807, 2.05) is 50.2 Å². The van der Waals surface area contributed by atoms with Crippen molar-refractivity contribution < 1.29 is 4.79 Å². The molecule has 0 fully saturated rings.